The molecule has 1 aliphatic rings. The van der Waals surface area contributed by atoms with Crippen molar-refractivity contribution >= 4 is 10.9 Å². The molecule has 1 atom stereocenters. The molecule has 2 N–H and O–H groups in total. The lowest BCUT2D eigenvalue weighted by molar-refractivity contribution is 0.306. The van der Waals surface area contributed by atoms with E-state index >= 15 is 0 Å². The number of benzene rings is 2. The number of H-pyrrole nitrogens is 1. The van der Waals surface area contributed by atoms with Crippen LogP contribution < -0.4 is 10.1 Å². The van der Waals surface area contributed by atoms with Crippen LogP contribution in [0.4, 0.5) is 0 Å². The number of aromatic amines is 1. The topological polar surface area (TPSA) is 37.0 Å². The first-order chi connectivity index (χ1) is 12.3. The molecule has 1 heterocycles. The van der Waals surface area contributed by atoms with Crippen LogP contribution in [0, 0.1) is 0 Å². The van der Waals surface area contributed by atoms with Gasteiger partial charge in [-0.2, -0.15) is 0 Å². The van der Waals surface area contributed by atoms with Gasteiger partial charge in [-0.15, -0.1) is 0 Å². The predicted octanol–water partition coefficient (Wildman–Crippen LogP) is 4.60. The van der Waals surface area contributed by atoms with E-state index in [0.29, 0.717) is 12.6 Å². The zero-order chi connectivity index (χ0) is 17.1. The second-order valence-electron chi connectivity index (χ2n) is 6.96. The van der Waals surface area contributed by atoms with E-state index in [1.807, 2.05) is 18.2 Å². The molecule has 0 fully saturated rings. The van der Waals surface area contributed by atoms with Gasteiger partial charge in [0, 0.05) is 22.6 Å². The van der Waals surface area contributed by atoms with Crippen LogP contribution in [0.2, 0.25) is 0 Å². The maximum atomic E-state index is 6.02. The summed E-state index contributed by atoms with van der Waals surface area (Å²) in [5.74, 6) is 0.946. The molecule has 3 aromatic rings. The summed E-state index contributed by atoms with van der Waals surface area (Å²) in [5, 5.41) is 5.01. The van der Waals surface area contributed by atoms with E-state index in [1.165, 1.54) is 40.6 Å². The minimum absolute atomic E-state index is 0.598. The monoisotopic (exact) mass is 334 g/mol. The van der Waals surface area contributed by atoms with Gasteiger partial charge >= 0.3 is 0 Å². The summed E-state index contributed by atoms with van der Waals surface area (Å²) in [6.45, 7) is 3.94. The van der Waals surface area contributed by atoms with Crippen LogP contribution in [-0.4, -0.2) is 17.6 Å². The second kappa shape index (κ2) is 7.32. The molecule has 130 valence electrons. The number of rotatable bonds is 6. The summed E-state index contributed by atoms with van der Waals surface area (Å²) in [7, 11) is 0. The van der Waals surface area contributed by atoms with E-state index in [4.69, 9.17) is 4.74 Å². The van der Waals surface area contributed by atoms with Crippen molar-refractivity contribution in [3.05, 3.63) is 65.4 Å². The number of hydrogen-bond acceptors (Lipinski definition) is 2. The molecule has 4 rings (SSSR count). The molecule has 2 aromatic carbocycles. The number of ether oxygens (including phenoxy) is 1. The van der Waals surface area contributed by atoms with Gasteiger partial charge in [0.2, 0.25) is 0 Å². The van der Waals surface area contributed by atoms with Gasteiger partial charge in [0.15, 0.2) is 0 Å². The van der Waals surface area contributed by atoms with E-state index < -0.39 is 0 Å². The Labute approximate surface area is 149 Å². The van der Waals surface area contributed by atoms with Crippen molar-refractivity contribution < 1.29 is 4.74 Å². The standard InChI is InChI=1S/C22H26N2O/c1-2-12-23-17-8-10-21-19(13-17)20-14-18(9-11-22(20)24-21)25-15-16-6-4-3-5-7-16/h3-7,9,11,14,17,23-24H,2,8,10,12-13,15H2,1H3. The number of fused-ring (bicyclic) bond motifs is 3. The maximum absolute atomic E-state index is 6.02. The number of aryl methyl sites for hydroxylation is 1. The second-order valence-corrected chi connectivity index (χ2v) is 6.96. The normalized spacial score (nSPS) is 16.8. The van der Waals surface area contributed by atoms with Gasteiger partial charge in [-0.25, -0.2) is 0 Å². The molecule has 1 unspecified atom stereocenters. The Bertz CT molecular complexity index is 838. The Kier molecular flexibility index (Phi) is 4.75. The molecule has 1 aromatic heterocycles. The van der Waals surface area contributed by atoms with Crippen molar-refractivity contribution in [3.63, 3.8) is 0 Å². The summed E-state index contributed by atoms with van der Waals surface area (Å²) in [6, 6.07) is 17.4. The fraction of sp³-hybridized carbons (Fsp3) is 0.364. The van der Waals surface area contributed by atoms with E-state index in [-0.39, 0.29) is 0 Å². The van der Waals surface area contributed by atoms with Crippen LogP contribution in [0.1, 0.15) is 36.6 Å². The van der Waals surface area contributed by atoms with Crippen molar-refractivity contribution in [2.45, 2.75) is 45.3 Å². The largest absolute Gasteiger partial charge is 0.489 e. The van der Waals surface area contributed by atoms with Crippen molar-refractivity contribution in [2.24, 2.45) is 0 Å². The van der Waals surface area contributed by atoms with E-state index in [9.17, 15) is 0 Å². The molecule has 0 amide bonds. The molecule has 1 aliphatic carbocycles. The predicted molar refractivity (Wildman–Crippen MR) is 103 cm³/mol. The zero-order valence-corrected chi connectivity index (χ0v) is 14.8. The molecule has 0 spiro atoms. The highest BCUT2D eigenvalue weighted by molar-refractivity contribution is 5.86. The lowest BCUT2D eigenvalue weighted by Crippen LogP contribution is -2.34. The van der Waals surface area contributed by atoms with Gasteiger partial charge in [-0.05, 0) is 61.6 Å². The summed E-state index contributed by atoms with van der Waals surface area (Å²) in [5.41, 5.74) is 5.31. The Morgan fingerprint density at radius 1 is 1.16 bits per heavy atom. The van der Waals surface area contributed by atoms with Crippen LogP contribution in [0.5, 0.6) is 5.75 Å². The summed E-state index contributed by atoms with van der Waals surface area (Å²) in [4.78, 5) is 3.61. The van der Waals surface area contributed by atoms with Crippen molar-refractivity contribution in [2.75, 3.05) is 6.54 Å². The highest BCUT2D eigenvalue weighted by Gasteiger charge is 2.22. The van der Waals surface area contributed by atoms with Gasteiger partial charge in [0.05, 0.1) is 0 Å². The van der Waals surface area contributed by atoms with Gasteiger partial charge in [0.1, 0.15) is 12.4 Å². The third kappa shape index (κ3) is 3.57. The van der Waals surface area contributed by atoms with Gasteiger partial charge in [-0.1, -0.05) is 37.3 Å². The van der Waals surface area contributed by atoms with Gasteiger partial charge in [-0.3, -0.25) is 0 Å². The molecule has 0 saturated heterocycles. The van der Waals surface area contributed by atoms with E-state index in [0.717, 1.165) is 25.1 Å². The number of nitrogens with one attached hydrogen (secondary N) is 2. The fourth-order valence-corrected chi connectivity index (χ4v) is 3.75. The smallest absolute Gasteiger partial charge is 0.120 e. The molecule has 0 saturated carbocycles. The average Bonchev–Trinajstić information content (AvgIpc) is 3.03. The quantitative estimate of drug-likeness (QED) is 0.691. The first-order valence-corrected chi connectivity index (χ1v) is 9.37. The first kappa shape index (κ1) is 16.2. The van der Waals surface area contributed by atoms with Crippen LogP contribution in [0.25, 0.3) is 10.9 Å². The Morgan fingerprint density at radius 2 is 2.04 bits per heavy atom. The van der Waals surface area contributed by atoms with Crippen molar-refractivity contribution in [1.82, 2.24) is 10.3 Å². The summed E-state index contributed by atoms with van der Waals surface area (Å²) in [6.07, 6.45) is 4.65. The third-order valence-electron chi connectivity index (χ3n) is 5.09. The first-order valence-electron chi connectivity index (χ1n) is 9.37. The molecule has 0 bridgehead atoms. The third-order valence-corrected chi connectivity index (χ3v) is 5.09. The fourth-order valence-electron chi connectivity index (χ4n) is 3.75. The lowest BCUT2D eigenvalue weighted by Gasteiger charge is -2.23. The highest BCUT2D eigenvalue weighted by atomic mass is 16.5. The molecule has 0 radical (unpaired) electrons. The van der Waals surface area contributed by atoms with Crippen LogP contribution in [-0.2, 0) is 19.4 Å². The highest BCUT2D eigenvalue weighted by Crippen LogP contribution is 2.31. The van der Waals surface area contributed by atoms with Crippen LogP contribution in [0.3, 0.4) is 0 Å². The van der Waals surface area contributed by atoms with E-state index in [1.54, 1.807) is 0 Å². The lowest BCUT2D eigenvalue weighted by atomic mass is 9.91. The van der Waals surface area contributed by atoms with Gasteiger partial charge < -0.3 is 15.0 Å². The summed E-state index contributed by atoms with van der Waals surface area (Å²) < 4.78 is 6.02. The molecule has 25 heavy (non-hydrogen) atoms. The maximum Gasteiger partial charge on any atom is 0.120 e. The molecule has 0 aliphatic heterocycles. The minimum Gasteiger partial charge on any atom is -0.489 e. The van der Waals surface area contributed by atoms with E-state index in [2.05, 4.69) is 47.6 Å². The zero-order valence-electron chi connectivity index (χ0n) is 14.8. The Balaban J connectivity index is 1.54. The van der Waals surface area contributed by atoms with Crippen molar-refractivity contribution in [3.8, 4) is 5.75 Å². The summed E-state index contributed by atoms with van der Waals surface area (Å²) >= 11 is 0. The van der Waals surface area contributed by atoms with Crippen LogP contribution >= 0.6 is 0 Å². The Hall–Kier alpha value is -2.26. The van der Waals surface area contributed by atoms with Crippen molar-refractivity contribution in [1.29, 1.82) is 0 Å². The molecular weight excluding hydrogens is 308 g/mol. The number of hydrogen-bond donors (Lipinski definition) is 2. The van der Waals surface area contributed by atoms with Crippen LogP contribution in [0.15, 0.2) is 48.5 Å². The molecular formula is C22H26N2O. The molecule has 3 nitrogen and oxygen atoms in total. The minimum atomic E-state index is 0.598. The molecule has 3 heteroatoms. The Morgan fingerprint density at radius 3 is 2.88 bits per heavy atom. The SMILES string of the molecule is CCCNC1CCc2[nH]c3ccc(OCc4ccccc4)cc3c2C1. The van der Waals surface area contributed by atoms with Gasteiger partial charge in [0.25, 0.3) is 0 Å². The number of aromatic nitrogens is 1. The average molecular weight is 334 g/mol.